The Morgan fingerprint density at radius 1 is 1.17 bits per heavy atom. The van der Waals surface area contributed by atoms with Gasteiger partial charge >= 0.3 is 6.18 Å². The van der Waals surface area contributed by atoms with Gasteiger partial charge in [-0.1, -0.05) is 19.1 Å². The molecule has 30 heavy (non-hydrogen) atoms. The van der Waals surface area contributed by atoms with Crippen molar-refractivity contribution in [3.05, 3.63) is 69.8 Å². The average molecular weight is 422 g/mol. The van der Waals surface area contributed by atoms with Gasteiger partial charge in [-0.15, -0.1) is 0 Å². The van der Waals surface area contributed by atoms with E-state index in [-0.39, 0.29) is 27.9 Å². The Balaban J connectivity index is 1.93. The minimum absolute atomic E-state index is 0.0930. The molecule has 0 bridgehead atoms. The number of aliphatic hydroxyl groups is 1. The summed E-state index contributed by atoms with van der Waals surface area (Å²) >= 11 is 0. The van der Waals surface area contributed by atoms with Crippen LogP contribution in [0.15, 0.2) is 47.3 Å². The molecule has 2 aromatic carbocycles. The van der Waals surface area contributed by atoms with Gasteiger partial charge in [0.2, 0.25) is 5.56 Å². The van der Waals surface area contributed by atoms with Crippen LogP contribution in [0.1, 0.15) is 36.4 Å². The first kappa shape index (κ1) is 20.2. The number of hydrogen-bond donors (Lipinski definition) is 4. The Hall–Kier alpha value is -3.07. The second-order valence-electron chi connectivity index (χ2n) is 7.59. The van der Waals surface area contributed by atoms with Gasteiger partial charge in [-0.25, -0.2) is 4.39 Å². The third kappa shape index (κ3) is 3.00. The van der Waals surface area contributed by atoms with Gasteiger partial charge in [-0.3, -0.25) is 4.79 Å². The predicted molar refractivity (Wildman–Crippen MR) is 103 cm³/mol. The van der Waals surface area contributed by atoms with Crippen molar-refractivity contribution in [2.24, 2.45) is 0 Å². The van der Waals surface area contributed by atoms with Gasteiger partial charge in [0.1, 0.15) is 11.6 Å². The molecule has 3 atom stereocenters. The number of halogens is 4. The van der Waals surface area contributed by atoms with E-state index >= 15 is 0 Å². The van der Waals surface area contributed by atoms with Crippen molar-refractivity contribution in [2.75, 3.05) is 5.32 Å². The van der Waals surface area contributed by atoms with Crippen molar-refractivity contribution < 1.29 is 27.8 Å². The first-order valence-corrected chi connectivity index (χ1v) is 9.22. The van der Waals surface area contributed by atoms with Crippen LogP contribution in [-0.2, 0) is 0 Å². The van der Waals surface area contributed by atoms with Crippen LogP contribution in [0, 0.1) is 5.82 Å². The standard InChI is InChI=1S/C21H18F4N2O3/c1-10-9-20(30,21(23,24)25)19(12-3-2-4-15(28)17(10)12)26-14-7-6-13(22)18-11(14)5-8-16(29)27-18/h2-8,10,19,26,28,30H,9H2,1H3,(H,27,29)/t10-,19?,20-/m1/s1. The number of H-pyrrole nitrogens is 1. The highest BCUT2D eigenvalue weighted by Crippen LogP contribution is 2.54. The number of hydrogen-bond acceptors (Lipinski definition) is 4. The number of benzene rings is 2. The third-order valence-electron chi connectivity index (χ3n) is 5.65. The van der Waals surface area contributed by atoms with E-state index in [9.17, 15) is 32.6 Å². The molecule has 4 N–H and O–H groups in total. The van der Waals surface area contributed by atoms with Crippen LogP contribution in [0.3, 0.4) is 0 Å². The molecule has 9 heteroatoms. The summed E-state index contributed by atoms with van der Waals surface area (Å²) in [6.07, 6.45) is -5.65. The molecule has 0 fully saturated rings. The van der Waals surface area contributed by atoms with E-state index in [4.69, 9.17) is 0 Å². The Bertz CT molecular complexity index is 1190. The molecule has 5 nitrogen and oxygen atoms in total. The molecule has 1 aliphatic carbocycles. The van der Waals surface area contributed by atoms with E-state index < -0.39 is 41.5 Å². The summed E-state index contributed by atoms with van der Waals surface area (Å²) in [5, 5.41) is 23.9. The molecule has 1 unspecified atom stereocenters. The number of phenols is 1. The highest BCUT2D eigenvalue weighted by molar-refractivity contribution is 5.91. The normalized spacial score (nSPS) is 23.9. The largest absolute Gasteiger partial charge is 0.508 e. The third-order valence-corrected chi connectivity index (χ3v) is 5.65. The maximum Gasteiger partial charge on any atom is 0.419 e. The quantitative estimate of drug-likeness (QED) is 0.463. The highest BCUT2D eigenvalue weighted by atomic mass is 19.4. The van der Waals surface area contributed by atoms with Crippen molar-refractivity contribution in [2.45, 2.75) is 37.1 Å². The van der Waals surface area contributed by atoms with Crippen LogP contribution in [0.4, 0.5) is 23.2 Å². The summed E-state index contributed by atoms with van der Waals surface area (Å²) in [5.41, 5.74) is -3.37. The monoisotopic (exact) mass is 422 g/mol. The SMILES string of the molecule is C[C@@H]1C[C@](O)(C(F)(F)F)C(Nc2ccc(F)c3[nH]c(=O)ccc23)c2cccc(O)c21. The maximum absolute atomic E-state index is 14.1. The molecular weight excluding hydrogens is 404 g/mol. The first-order valence-electron chi connectivity index (χ1n) is 9.22. The van der Waals surface area contributed by atoms with Gasteiger partial charge in [0.05, 0.1) is 11.6 Å². The lowest BCUT2D eigenvalue weighted by molar-refractivity contribution is -0.272. The Morgan fingerprint density at radius 2 is 1.90 bits per heavy atom. The topological polar surface area (TPSA) is 85.4 Å². The minimum Gasteiger partial charge on any atom is -0.508 e. The predicted octanol–water partition coefficient (Wildman–Crippen LogP) is 4.33. The van der Waals surface area contributed by atoms with E-state index in [1.165, 1.54) is 37.3 Å². The fourth-order valence-corrected chi connectivity index (χ4v) is 4.28. The number of aromatic hydroxyl groups is 1. The van der Waals surface area contributed by atoms with Crippen molar-refractivity contribution in [3.8, 4) is 5.75 Å². The zero-order chi connectivity index (χ0) is 21.8. The maximum atomic E-state index is 14.1. The second-order valence-corrected chi connectivity index (χ2v) is 7.59. The van der Waals surface area contributed by atoms with E-state index in [1.54, 1.807) is 0 Å². The van der Waals surface area contributed by atoms with E-state index in [1.807, 2.05) is 0 Å². The van der Waals surface area contributed by atoms with Crippen LogP contribution in [0.25, 0.3) is 10.9 Å². The summed E-state index contributed by atoms with van der Waals surface area (Å²) in [5.74, 6) is -1.66. The number of phenolic OH excluding ortho intramolecular Hbond substituents is 1. The van der Waals surface area contributed by atoms with Gasteiger partial charge < -0.3 is 20.5 Å². The Labute approximate surface area is 168 Å². The first-order chi connectivity index (χ1) is 14.0. The number of alkyl halides is 3. The molecular formula is C21H18F4N2O3. The van der Waals surface area contributed by atoms with Crippen molar-refractivity contribution in [1.82, 2.24) is 4.98 Å². The summed E-state index contributed by atoms with van der Waals surface area (Å²) in [6, 6.07) is 7.20. The number of aromatic amines is 1. The van der Waals surface area contributed by atoms with Gasteiger partial charge in [0.15, 0.2) is 5.60 Å². The van der Waals surface area contributed by atoms with E-state index in [0.717, 1.165) is 12.1 Å². The van der Waals surface area contributed by atoms with Crippen LogP contribution >= 0.6 is 0 Å². The lowest BCUT2D eigenvalue weighted by Gasteiger charge is -2.45. The van der Waals surface area contributed by atoms with Crippen molar-refractivity contribution >= 4 is 16.6 Å². The second kappa shape index (κ2) is 6.73. The zero-order valence-corrected chi connectivity index (χ0v) is 15.7. The van der Waals surface area contributed by atoms with E-state index in [2.05, 4.69) is 10.3 Å². The number of rotatable bonds is 2. The van der Waals surface area contributed by atoms with Gasteiger partial charge in [0, 0.05) is 22.7 Å². The number of nitrogens with one attached hydrogen (secondary N) is 2. The lowest BCUT2D eigenvalue weighted by Crippen LogP contribution is -2.55. The molecule has 1 heterocycles. The molecule has 0 radical (unpaired) electrons. The van der Waals surface area contributed by atoms with Crippen LogP contribution in [0.5, 0.6) is 5.75 Å². The van der Waals surface area contributed by atoms with Gasteiger partial charge in [0.25, 0.3) is 0 Å². The molecule has 158 valence electrons. The molecule has 0 saturated heterocycles. The Kier molecular flexibility index (Phi) is 4.54. The summed E-state index contributed by atoms with van der Waals surface area (Å²) in [4.78, 5) is 13.9. The number of anilines is 1. The fraction of sp³-hybridized carbons (Fsp3) is 0.286. The lowest BCUT2D eigenvalue weighted by atomic mass is 9.70. The van der Waals surface area contributed by atoms with Gasteiger partial charge in [-0.2, -0.15) is 13.2 Å². The Morgan fingerprint density at radius 3 is 2.60 bits per heavy atom. The molecule has 0 saturated carbocycles. The number of pyridine rings is 1. The highest BCUT2D eigenvalue weighted by Gasteiger charge is 2.62. The summed E-state index contributed by atoms with van der Waals surface area (Å²) < 4.78 is 56.2. The van der Waals surface area contributed by atoms with Crippen LogP contribution in [0.2, 0.25) is 0 Å². The fourth-order valence-electron chi connectivity index (χ4n) is 4.28. The zero-order valence-electron chi connectivity index (χ0n) is 15.7. The van der Waals surface area contributed by atoms with E-state index in [0.29, 0.717) is 5.56 Å². The number of aromatic nitrogens is 1. The van der Waals surface area contributed by atoms with Gasteiger partial charge in [-0.05, 0) is 42.2 Å². The minimum atomic E-state index is -4.98. The molecule has 0 aliphatic heterocycles. The molecule has 1 aliphatic rings. The molecule has 1 aromatic heterocycles. The summed E-state index contributed by atoms with van der Waals surface area (Å²) in [6.45, 7) is 1.50. The van der Waals surface area contributed by atoms with Crippen LogP contribution in [-0.4, -0.2) is 27.0 Å². The van der Waals surface area contributed by atoms with Crippen LogP contribution < -0.4 is 10.9 Å². The molecule has 0 spiro atoms. The summed E-state index contributed by atoms with van der Waals surface area (Å²) in [7, 11) is 0. The van der Waals surface area contributed by atoms with Crippen molar-refractivity contribution in [3.63, 3.8) is 0 Å². The molecule has 3 aromatic rings. The molecule has 4 rings (SSSR count). The number of fused-ring (bicyclic) bond motifs is 2. The van der Waals surface area contributed by atoms with Crippen molar-refractivity contribution in [1.29, 1.82) is 0 Å². The average Bonchev–Trinajstić information content (AvgIpc) is 2.66. The molecule has 0 amide bonds. The smallest absolute Gasteiger partial charge is 0.419 e.